The number of benzene rings is 1. The van der Waals surface area contributed by atoms with Gasteiger partial charge in [-0.2, -0.15) is 0 Å². The minimum Gasteiger partial charge on any atom is -0.493 e. The predicted octanol–water partition coefficient (Wildman–Crippen LogP) is 5.24. The van der Waals surface area contributed by atoms with Crippen LogP contribution in [0.2, 0.25) is 0 Å². The molecule has 0 saturated carbocycles. The van der Waals surface area contributed by atoms with Gasteiger partial charge in [-0.3, -0.25) is 9.69 Å². The molecule has 1 unspecified atom stereocenters. The number of carboxylic acids is 1. The number of nitrogens with zero attached hydrogens (tertiary/aromatic N) is 3. The molecule has 1 aromatic heterocycles. The number of methoxy groups -OCH3 is 1. The number of hydrogen-bond acceptors (Lipinski definition) is 6. The normalized spacial score (nSPS) is 18.6. The predicted molar refractivity (Wildman–Crippen MR) is 144 cm³/mol. The van der Waals surface area contributed by atoms with Gasteiger partial charge < -0.3 is 20.1 Å². The molecule has 2 aliphatic heterocycles. The Bertz CT molecular complexity index is 1160. The molecular weight excluding hydrogens is 509 g/mol. The number of likely N-dealkylation sites (N-methyl/N-ethyl adjacent to an activating group) is 1. The topological polar surface area (TPSA) is 77.9 Å². The molecule has 2 atom stereocenters. The number of halogens is 3. The Hall–Kier alpha value is -2.85. The van der Waals surface area contributed by atoms with Crippen LogP contribution >= 0.6 is 0 Å². The van der Waals surface area contributed by atoms with E-state index in [0.717, 1.165) is 75.6 Å². The van der Waals surface area contributed by atoms with Gasteiger partial charge in [0.15, 0.2) is 11.6 Å². The lowest BCUT2D eigenvalue weighted by Gasteiger charge is -2.29. The average molecular weight is 549 g/mol. The first-order valence-corrected chi connectivity index (χ1v) is 13.7. The van der Waals surface area contributed by atoms with Gasteiger partial charge in [-0.1, -0.05) is 12.5 Å². The van der Waals surface area contributed by atoms with Crippen molar-refractivity contribution in [3.05, 3.63) is 52.5 Å². The summed E-state index contributed by atoms with van der Waals surface area (Å²) < 4.78 is 47.8. The van der Waals surface area contributed by atoms with E-state index >= 15 is 0 Å². The number of carboxylic acid groups (broad SMARTS) is 1. The molecule has 214 valence electrons. The second kappa shape index (κ2) is 12.6. The van der Waals surface area contributed by atoms with Crippen LogP contribution in [0.15, 0.2) is 24.3 Å². The minimum absolute atomic E-state index is 0.0872. The van der Waals surface area contributed by atoms with Crippen LogP contribution in [0, 0.1) is 5.82 Å². The van der Waals surface area contributed by atoms with E-state index < -0.39 is 29.3 Å². The molecular formula is C29H39F3N4O3. The summed E-state index contributed by atoms with van der Waals surface area (Å²) in [6, 6.07) is 4.91. The van der Waals surface area contributed by atoms with Crippen LogP contribution in [0.5, 0.6) is 5.75 Å². The number of likely N-dealkylation sites (tertiary alicyclic amines) is 1. The van der Waals surface area contributed by atoms with Crippen molar-refractivity contribution < 1.29 is 27.8 Å². The van der Waals surface area contributed by atoms with Gasteiger partial charge >= 0.3 is 5.97 Å². The highest BCUT2D eigenvalue weighted by molar-refractivity contribution is 5.77. The molecule has 0 radical (unpaired) electrons. The van der Waals surface area contributed by atoms with Gasteiger partial charge in [-0.15, -0.1) is 0 Å². The number of nitrogens with one attached hydrogen (secondary N) is 1. The third kappa shape index (κ3) is 7.03. The molecule has 2 aliphatic rings. The second-order valence-electron chi connectivity index (χ2n) is 10.8. The third-order valence-electron chi connectivity index (χ3n) is 7.89. The van der Waals surface area contributed by atoms with Crippen LogP contribution in [0.4, 0.5) is 19.0 Å². The number of carbonyl (C=O) groups is 1. The Morgan fingerprint density at radius 3 is 2.82 bits per heavy atom. The number of alkyl halides is 2. The molecule has 0 aliphatic carbocycles. The smallest absolute Gasteiger partial charge is 0.325 e. The van der Waals surface area contributed by atoms with E-state index in [1.807, 2.05) is 7.05 Å². The van der Waals surface area contributed by atoms with Gasteiger partial charge in [0.05, 0.1) is 7.11 Å². The molecule has 0 spiro atoms. The Kier molecular flexibility index (Phi) is 9.38. The maximum atomic E-state index is 14.7. The van der Waals surface area contributed by atoms with Crippen molar-refractivity contribution in [1.29, 1.82) is 0 Å². The first kappa shape index (κ1) is 29.1. The molecule has 39 heavy (non-hydrogen) atoms. The van der Waals surface area contributed by atoms with Gasteiger partial charge in [0.1, 0.15) is 11.9 Å². The van der Waals surface area contributed by atoms with Crippen molar-refractivity contribution in [2.24, 2.45) is 0 Å². The van der Waals surface area contributed by atoms with Crippen LogP contribution in [-0.2, 0) is 23.6 Å². The van der Waals surface area contributed by atoms with E-state index in [1.54, 1.807) is 4.90 Å². The van der Waals surface area contributed by atoms with Gasteiger partial charge in [-0.05, 0) is 75.9 Å². The highest BCUT2D eigenvalue weighted by atomic mass is 19.3. The maximum absolute atomic E-state index is 14.7. The Morgan fingerprint density at radius 1 is 1.31 bits per heavy atom. The lowest BCUT2D eigenvalue weighted by molar-refractivity contribution is -0.143. The number of pyridine rings is 1. The lowest BCUT2D eigenvalue weighted by atomic mass is 9.98. The molecule has 7 nitrogen and oxygen atoms in total. The Morgan fingerprint density at radius 2 is 2.10 bits per heavy atom. The number of unbranched alkanes of at least 4 members (excludes halogenated alkanes) is 2. The summed E-state index contributed by atoms with van der Waals surface area (Å²) in [6.45, 7) is 3.41. The number of fused-ring (bicyclic) bond motifs is 1. The summed E-state index contributed by atoms with van der Waals surface area (Å²) in [4.78, 5) is 21.0. The van der Waals surface area contributed by atoms with Crippen LogP contribution in [0.3, 0.4) is 0 Å². The van der Waals surface area contributed by atoms with E-state index in [9.17, 15) is 23.1 Å². The molecule has 3 heterocycles. The molecule has 2 N–H and O–H groups in total. The summed E-state index contributed by atoms with van der Waals surface area (Å²) in [7, 11) is 3.24. The number of aryl methyl sites for hydroxylation is 2. The number of aliphatic carboxylic acids is 1. The Labute approximate surface area is 228 Å². The summed E-state index contributed by atoms with van der Waals surface area (Å²) in [5, 5.41) is 13.4. The van der Waals surface area contributed by atoms with Crippen LogP contribution in [0.1, 0.15) is 67.5 Å². The van der Waals surface area contributed by atoms with Crippen molar-refractivity contribution in [2.45, 2.75) is 69.9 Å². The minimum atomic E-state index is -3.31. The molecule has 0 amide bonds. The fourth-order valence-corrected chi connectivity index (χ4v) is 5.67. The highest BCUT2D eigenvalue weighted by Crippen LogP contribution is 2.39. The maximum Gasteiger partial charge on any atom is 0.325 e. The highest BCUT2D eigenvalue weighted by Gasteiger charge is 2.38. The van der Waals surface area contributed by atoms with Crippen molar-refractivity contribution in [1.82, 2.24) is 14.8 Å². The molecule has 1 saturated heterocycles. The van der Waals surface area contributed by atoms with E-state index in [2.05, 4.69) is 22.3 Å². The van der Waals surface area contributed by atoms with E-state index in [1.165, 1.54) is 12.7 Å². The quantitative estimate of drug-likeness (QED) is 0.351. The van der Waals surface area contributed by atoms with Crippen LogP contribution < -0.4 is 10.1 Å². The first-order chi connectivity index (χ1) is 18.6. The molecule has 1 fully saturated rings. The number of ether oxygens (including phenoxy) is 1. The van der Waals surface area contributed by atoms with E-state index in [4.69, 9.17) is 9.72 Å². The fourth-order valence-electron chi connectivity index (χ4n) is 5.67. The van der Waals surface area contributed by atoms with Gasteiger partial charge in [0.2, 0.25) is 0 Å². The number of rotatable bonds is 12. The van der Waals surface area contributed by atoms with Crippen molar-refractivity contribution >= 4 is 11.8 Å². The lowest BCUT2D eigenvalue weighted by Crippen LogP contribution is -2.38. The van der Waals surface area contributed by atoms with Crippen molar-refractivity contribution in [3.63, 3.8) is 0 Å². The third-order valence-corrected chi connectivity index (χ3v) is 7.89. The molecule has 0 bridgehead atoms. The number of hydrogen-bond donors (Lipinski definition) is 2. The summed E-state index contributed by atoms with van der Waals surface area (Å²) >= 11 is 0. The summed E-state index contributed by atoms with van der Waals surface area (Å²) in [5.74, 6) is -4.81. The zero-order chi connectivity index (χ0) is 28.2. The van der Waals surface area contributed by atoms with Crippen LogP contribution in [-0.4, -0.2) is 72.2 Å². The first-order valence-electron chi connectivity index (χ1n) is 13.7. The van der Waals surface area contributed by atoms with E-state index in [0.29, 0.717) is 26.1 Å². The number of aromatic nitrogens is 1. The van der Waals surface area contributed by atoms with Crippen molar-refractivity contribution in [3.8, 4) is 5.75 Å². The SMILES string of the molecule is COc1c(F)cc(C(C)(F)F)cc1C(C(=O)O)N1CC[C@@H](N(C)CCCCCc2ccc3c(n2)NCCC3)C1. The van der Waals surface area contributed by atoms with E-state index in [-0.39, 0.29) is 17.4 Å². The molecule has 4 rings (SSSR count). The summed E-state index contributed by atoms with van der Waals surface area (Å²) in [5.41, 5.74) is 1.74. The standard InChI is InChI=1S/C29H39F3N4O3/c1-29(31,32)20-16-23(26(39-3)24(30)17-20)25(28(37)38)36-15-12-22(18-36)35(2)14-6-4-5-9-21-11-10-19-8-7-13-33-27(19)34-21/h10-11,16-17,22,25H,4-9,12-15,18H2,1-3H3,(H,33,34)(H,37,38)/t22-,25?/m1/s1. The largest absolute Gasteiger partial charge is 0.493 e. The van der Waals surface area contributed by atoms with Crippen molar-refractivity contribution in [2.75, 3.05) is 45.7 Å². The molecule has 2 aromatic rings. The Balaban J connectivity index is 1.31. The van der Waals surface area contributed by atoms with Crippen LogP contribution in [0.25, 0.3) is 0 Å². The average Bonchev–Trinajstić information content (AvgIpc) is 3.37. The zero-order valence-electron chi connectivity index (χ0n) is 23.0. The zero-order valence-corrected chi connectivity index (χ0v) is 23.0. The molecule has 1 aromatic carbocycles. The summed E-state index contributed by atoms with van der Waals surface area (Å²) in [6.07, 6.45) is 7.01. The van der Waals surface area contributed by atoms with Gasteiger partial charge in [0.25, 0.3) is 5.92 Å². The second-order valence-corrected chi connectivity index (χ2v) is 10.8. The molecule has 10 heteroatoms. The van der Waals surface area contributed by atoms with Gasteiger partial charge in [-0.25, -0.2) is 18.2 Å². The number of anilines is 1. The fraction of sp³-hybridized carbons (Fsp3) is 0.586. The van der Waals surface area contributed by atoms with Gasteiger partial charge in [0, 0.05) is 49.4 Å². The monoisotopic (exact) mass is 548 g/mol.